The van der Waals surface area contributed by atoms with Crippen LogP contribution in [0.15, 0.2) is 48.5 Å². The van der Waals surface area contributed by atoms with Crippen LogP contribution in [-0.2, 0) is 16.0 Å². The number of nitrogens with one attached hydrogen (secondary N) is 2. The SMILES string of the molecule is CNC(=O)Cc1ccc(NC(=O)/C=C/c2ccc(OC(C)C)c(OC)c2)cc1. The lowest BCUT2D eigenvalue weighted by molar-refractivity contribution is -0.120. The Morgan fingerprint density at radius 3 is 2.39 bits per heavy atom. The molecule has 6 heteroatoms. The summed E-state index contributed by atoms with van der Waals surface area (Å²) in [7, 11) is 3.18. The van der Waals surface area contributed by atoms with E-state index in [1.807, 2.05) is 44.2 Å². The van der Waals surface area contributed by atoms with Crippen molar-refractivity contribution in [3.05, 3.63) is 59.7 Å². The number of rotatable bonds is 8. The second-order valence-corrected chi connectivity index (χ2v) is 6.45. The number of anilines is 1. The van der Waals surface area contributed by atoms with Gasteiger partial charge in [0.2, 0.25) is 11.8 Å². The summed E-state index contributed by atoms with van der Waals surface area (Å²) in [6, 6.07) is 12.7. The van der Waals surface area contributed by atoms with Gasteiger partial charge in [-0.1, -0.05) is 18.2 Å². The summed E-state index contributed by atoms with van der Waals surface area (Å²) in [5.74, 6) is 0.972. The minimum Gasteiger partial charge on any atom is -0.493 e. The zero-order chi connectivity index (χ0) is 20.5. The summed E-state index contributed by atoms with van der Waals surface area (Å²) < 4.78 is 11.0. The number of hydrogen-bond donors (Lipinski definition) is 2. The van der Waals surface area contributed by atoms with Gasteiger partial charge in [0.15, 0.2) is 11.5 Å². The Morgan fingerprint density at radius 2 is 1.79 bits per heavy atom. The minimum absolute atomic E-state index is 0.0452. The molecule has 0 aliphatic carbocycles. The van der Waals surface area contributed by atoms with E-state index in [4.69, 9.17) is 9.47 Å². The highest BCUT2D eigenvalue weighted by Crippen LogP contribution is 2.29. The monoisotopic (exact) mass is 382 g/mol. The van der Waals surface area contributed by atoms with Crippen LogP contribution in [0.1, 0.15) is 25.0 Å². The molecule has 2 amide bonds. The normalized spacial score (nSPS) is 10.8. The molecule has 0 unspecified atom stereocenters. The standard InChI is InChI=1S/C22H26N2O4/c1-15(2)28-19-11-7-16(13-20(19)27-4)8-12-21(25)24-18-9-5-17(6-10-18)14-22(26)23-3/h5-13,15H,14H2,1-4H3,(H,23,26)(H,24,25)/b12-8+. The summed E-state index contributed by atoms with van der Waals surface area (Å²) in [5, 5.41) is 5.37. The van der Waals surface area contributed by atoms with Crippen LogP contribution in [0.3, 0.4) is 0 Å². The number of ether oxygens (including phenoxy) is 2. The first-order valence-corrected chi connectivity index (χ1v) is 9.04. The minimum atomic E-state index is -0.250. The van der Waals surface area contributed by atoms with Crippen molar-refractivity contribution < 1.29 is 19.1 Å². The molecule has 2 aromatic carbocycles. The molecule has 0 bridgehead atoms. The maximum absolute atomic E-state index is 12.1. The average molecular weight is 382 g/mol. The fourth-order valence-electron chi connectivity index (χ4n) is 2.47. The van der Waals surface area contributed by atoms with Crippen LogP contribution in [0.4, 0.5) is 5.69 Å². The molecule has 0 aromatic heterocycles. The molecule has 2 rings (SSSR count). The highest BCUT2D eigenvalue weighted by Gasteiger charge is 2.07. The largest absolute Gasteiger partial charge is 0.493 e. The van der Waals surface area contributed by atoms with Gasteiger partial charge >= 0.3 is 0 Å². The van der Waals surface area contributed by atoms with Crippen LogP contribution in [0.2, 0.25) is 0 Å². The smallest absolute Gasteiger partial charge is 0.248 e. The maximum atomic E-state index is 12.1. The number of carbonyl (C=O) groups is 2. The third-order valence-electron chi connectivity index (χ3n) is 3.84. The molecule has 0 saturated carbocycles. The molecule has 0 aliphatic rings. The summed E-state index contributed by atoms with van der Waals surface area (Å²) >= 11 is 0. The second kappa shape index (κ2) is 10.2. The van der Waals surface area contributed by atoms with E-state index in [0.717, 1.165) is 11.1 Å². The first-order valence-electron chi connectivity index (χ1n) is 9.04. The Hall–Kier alpha value is -3.28. The number of hydrogen-bond acceptors (Lipinski definition) is 4. The molecule has 148 valence electrons. The Balaban J connectivity index is 1.98. The lowest BCUT2D eigenvalue weighted by atomic mass is 10.1. The molecular weight excluding hydrogens is 356 g/mol. The van der Waals surface area contributed by atoms with Crippen molar-refractivity contribution in [2.45, 2.75) is 26.4 Å². The van der Waals surface area contributed by atoms with Crippen molar-refractivity contribution in [1.82, 2.24) is 5.32 Å². The molecule has 0 saturated heterocycles. The predicted octanol–water partition coefficient (Wildman–Crippen LogP) is 3.42. The number of amides is 2. The van der Waals surface area contributed by atoms with Gasteiger partial charge in [0.25, 0.3) is 0 Å². The van der Waals surface area contributed by atoms with Gasteiger partial charge in [0, 0.05) is 18.8 Å². The van der Waals surface area contributed by atoms with Crippen LogP contribution in [-0.4, -0.2) is 32.1 Å². The summed E-state index contributed by atoms with van der Waals surface area (Å²) in [6.07, 6.45) is 3.51. The zero-order valence-corrected chi connectivity index (χ0v) is 16.6. The molecule has 2 N–H and O–H groups in total. The molecule has 0 fully saturated rings. The Bertz CT molecular complexity index is 842. The van der Waals surface area contributed by atoms with Crippen LogP contribution in [0.25, 0.3) is 6.08 Å². The second-order valence-electron chi connectivity index (χ2n) is 6.45. The van der Waals surface area contributed by atoms with Gasteiger partial charge in [0.05, 0.1) is 19.6 Å². The lowest BCUT2D eigenvalue weighted by Crippen LogP contribution is -2.19. The summed E-state index contributed by atoms with van der Waals surface area (Å²) in [6.45, 7) is 3.89. The van der Waals surface area contributed by atoms with E-state index in [1.54, 1.807) is 32.4 Å². The van der Waals surface area contributed by atoms with Gasteiger partial charge in [-0.25, -0.2) is 0 Å². The van der Waals surface area contributed by atoms with Gasteiger partial charge in [-0.05, 0) is 55.3 Å². The Morgan fingerprint density at radius 1 is 1.07 bits per heavy atom. The van der Waals surface area contributed by atoms with Crippen molar-refractivity contribution in [3.8, 4) is 11.5 Å². The van der Waals surface area contributed by atoms with Crippen LogP contribution in [0.5, 0.6) is 11.5 Å². The number of benzene rings is 2. The fraction of sp³-hybridized carbons (Fsp3) is 0.273. The zero-order valence-electron chi connectivity index (χ0n) is 16.6. The van der Waals surface area contributed by atoms with Crippen molar-refractivity contribution >= 4 is 23.6 Å². The van der Waals surface area contributed by atoms with Gasteiger partial charge in [-0.2, -0.15) is 0 Å². The van der Waals surface area contributed by atoms with Crippen molar-refractivity contribution in [2.75, 3.05) is 19.5 Å². The van der Waals surface area contributed by atoms with Gasteiger partial charge in [-0.3, -0.25) is 9.59 Å². The molecule has 0 spiro atoms. The summed E-state index contributed by atoms with van der Waals surface area (Å²) in [4.78, 5) is 23.5. The van der Waals surface area contributed by atoms with E-state index in [1.165, 1.54) is 6.08 Å². The van der Waals surface area contributed by atoms with Crippen molar-refractivity contribution in [3.63, 3.8) is 0 Å². The maximum Gasteiger partial charge on any atom is 0.248 e. The third-order valence-corrected chi connectivity index (χ3v) is 3.84. The van der Waals surface area contributed by atoms with E-state index in [9.17, 15) is 9.59 Å². The Labute approximate surface area is 165 Å². The van der Waals surface area contributed by atoms with E-state index in [-0.39, 0.29) is 17.9 Å². The number of likely N-dealkylation sites (N-methyl/N-ethyl adjacent to an activating group) is 1. The molecule has 0 atom stereocenters. The van der Waals surface area contributed by atoms with E-state index >= 15 is 0 Å². The van der Waals surface area contributed by atoms with Gasteiger partial charge in [0.1, 0.15) is 0 Å². The first kappa shape index (κ1) is 21.0. The van der Waals surface area contributed by atoms with Crippen LogP contribution in [0, 0.1) is 0 Å². The lowest BCUT2D eigenvalue weighted by Gasteiger charge is -2.13. The van der Waals surface area contributed by atoms with Gasteiger partial charge < -0.3 is 20.1 Å². The van der Waals surface area contributed by atoms with Crippen molar-refractivity contribution in [1.29, 1.82) is 0 Å². The third kappa shape index (κ3) is 6.46. The predicted molar refractivity (Wildman–Crippen MR) is 111 cm³/mol. The van der Waals surface area contributed by atoms with Crippen LogP contribution < -0.4 is 20.1 Å². The molecule has 0 aliphatic heterocycles. The van der Waals surface area contributed by atoms with Crippen molar-refractivity contribution in [2.24, 2.45) is 0 Å². The molecule has 6 nitrogen and oxygen atoms in total. The molecular formula is C22H26N2O4. The highest BCUT2D eigenvalue weighted by atomic mass is 16.5. The fourth-order valence-corrected chi connectivity index (χ4v) is 2.47. The first-order chi connectivity index (χ1) is 13.4. The topological polar surface area (TPSA) is 76.7 Å². The molecule has 0 heterocycles. The van der Waals surface area contributed by atoms with E-state index < -0.39 is 0 Å². The average Bonchev–Trinajstić information content (AvgIpc) is 2.68. The summed E-state index contributed by atoms with van der Waals surface area (Å²) in [5.41, 5.74) is 2.36. The highest BCUT2D eigenvalue weighted by molar-refractivity contribution is 6.02. The molecule has 28 heavy (non-hydrogen) atoms. The molecule has 2 aromatic rings. The quantitative estimate of drug-likeness (QED) is 0.686. The number of methoxy groups -OCH3 is 1. The van der Waals surface area contributed by atoms with E-state index in [2.05, 4.69) is 10.6 Å². The van der Waals surface area contributed by atoms with E-state index in [0.29, 0.717) is 23.6 Å². The van der Waals surface area contributed by atoms with Gasteiger partial charge in [-0.15, -0.1) is 0 Å². The van der Waals surface area contributed by atoms with Crippen LogP contribution >= 0.6 is 0 Å². The number of carbonyl (C=O) groups excluding carboxylic acids is 2. The molecule has 0 radical (unpaired) electrons. The Kier molecular flexibility index (Phi) is 7.63.